The number of rotatable bonds is 2. The standard InChI is InChI=1S/C7H6ClF3N2/c8-5-2-1-3-6(13-5)12-4-7(9,10)11/h1-3H,4H2,(H,12,13). The van der Waals surface area contributed by atoms with E-state index in [4.69, 9.17) is 11.6 Å². The van der Waals surface area contributed by atoms with Crippen LogP contribution in [0.2, 0.25) is 5.15 Å². The molecule has 1 aromatic heterocycles. The molecule has 0 spiro atoms. The van der Waals surface area contributed by atoms with Crippen LogP contribution in [0.1, 0.15) is 0 Å². The van der Waals surface area contributed by atoms with Crippen molar-refractivity contribution in [2.75, 3.05) is 11.9 Å². The molecule has 1 rings (SSSR count). The Kier molecular flexibility index (Phi) is 2.98. The largest absolute Gasteiger partial charge is 0.405 e. The number of pyridine rings is 1. The molecule has 13 heavy (non-hydrogen) atoms. The average molecular weight is 211 g/mol. The summed E-state index contributed by atoms with van der Waals surface area (Å²) >= 11 is 5.46. The van der Waals surface area contributed by atoms with E-state index in [1.165, 1.54) is 18.2 Å². The summed E-state index contributed by atoms with van der Waals surface area (Å²) in [6.45, 7) is -1.11. The number of anilines is 1. The SMILES string of the molecule is FC(F)(F)CNc1cccc(Cl)n1. The van der Waals surface area contributed by atoms with Gasteiger partial charge in [0, 0.05) is 0 Å². The van der Waals surface area contributed by atoms with Gasteiger partial charge in [-0.2, -0.15) is 13.2 Å². The predicted octanol–water partition coefficient (Wildman–Crippen LogP) is 2.71. The van der Waals surface area contributed by atoms with Crippen LogP contribution in [0.3, 0.4) is 0 Å². The maximum absolute atomic E-state index is 11.7. The van der Waals surface area contributed by atoms with Crippen molar-refractivity contribution in [3.05, 3.63) is 23.4 Å². The number of alkyl halides is 3. The van der Waals surface area contributed by atoms with Gasteiger partial charge in [0.25, 0.3) is 0 Å². The summed E-state index contributed by atoms with van der Waals surface area (Å²) in [5, 5.41) is 2.26. The van der Waals surface area contributed by atoms with E-state index >= 15 is 0 Å². The van der Waals surface area contributed by atoms with Crippen LogP contribution in [0.4, 0.5) is 19.0 Å². The van der Waals surface area contributed by atoms with Crippen molar-refractivity contribution in [1.82, 2.24) is 4.98 Å². The zero-order valence-electron chi connectivity index (χ0n) is 6.40. The molecule has 1 heterocycles. The topological polar surface area (TPSA) is 24.9 Å². The van der Waals surface area contributed by atoms with E-state index in [-0.39, 0.29) is 11.0 Å². The molecule has 1 aromatic rings. The van der Waals surface area contributed by atoms with E-state index in [1.807, 2.05) is 0 Å². The predicted molar refractivity (Wildman–Crippen MR) is 43.8 cm³/mol. The Morgan fingerprint density at radius 2 is 2.08 bits per heavy atom. The van der Waals surface area contributed by atoms with Gasteiger partial charge in [-0.15, -0.1) is 0 Å². The second kappa shape index (κ2) is 3.83. The summed E-state index contributed by atoms with van der Waals surface area (Å²) in [6.07, 6.45) is -4.25. The first-order chi connectivity index (χ1) is 5.97. The molecule has 2 nitrogen and oxygen atoms in total. The molecule has 0 atom stereocenters. The summed E-state index contributed by atoms with van der Waals surface area (Å²) < 4.78 is 35.2. The number of aromatic nitrogens is 1. The van der Waals surface area contributed by atoms with Crippen molar-refractivity contribution < 1.29 is 13.2 Å². The van der Waals surface area contributed by atoms with E-state index in [0.717, 1.165) is 0 Å². The van der Waals surface area contributed by atoms with Crippen molar-refractivity contribution in [3.63, 3.8) is 0 Å². The lowest BCUT2D eigenvalue weighted by molar-refractivity contribution is -0.115. The molecular weight excluding hydrogens is 205 g/mol. The van der Waals surface area contributed by atoms with Gasteiger partial charge in [-0.25, -0.2) is 4.98 Å². The van der Waals surface area contributed by atoms with Gasteiger partial charge in [0.1, 0.15) is 17.5 Å². The Hall–Kier alpha value is -0.970. The molecule has 6 heteroatoms. The third kappa shape index (κ3) is 3.98. The highest BCUT2D eigenvalue weighted by atomic mass is 35.5. The zero-order valence-corrected chi connectivity index (χ0v) is 7.15. The number of nitrogens with zero attached hydrogens (tertiary/aromatic N) is 1. The van der Waals surface area contributed by atoms with Gasteiger partial charge in [0.05, 0.1) is 0 Å². The van der Waals surface area contributed by atoms with E-state index in [2.05, 4.69) is 10.3 Å². The number of nitrogens with one attached hydrogen (secondary N) is 1. The van der Waals surface area contributed by atoms with Crippen LogP contribution in [-0.4, -0.2) is 17.7 Å². The first kappa shape index (κ1) is 10.1. The highest BCUT2D eigenvalue weighted by Crippen LogP contribution is 2.16. The van der Waals surface area contributed by atoms with Gasteiger partial charge in [-0.05, 0) is 12.1 Å². The van der Waals surface area contributed by atoms with Crippen molar-refractivity contribution in [1.29, 1.82) is 0 Å². The second-order valence-corrected chi connectivity index (χ2v) is 2.70. The summed E-state index contributed by atoms with van der Waals surface area (Å²) in [7, 11) is 0. The minimum absolute atomic E-state index is 0.116. The smallest absolute Gasteiger partial charge is 0.361 e. The Balaban J connectivity index is 2.55. The van der Waals surface area contributed by atoms with Gasteiger partial charge in [-0.3, -0.25) is 0 Å². The minimum Gasteiger partial charge on any atom is -0.361 e. The number of halogens is 4. The molecule has 0 aliphatic carbocycles. The van der Waals surface area contributed by atoms with Gasteiger partial charge in [0.2, 0.25) is 0 Å². The van der Waals surface area contributed by atoms with Crippen LogP contribution in [-0.2, 0) is 0 Å². The average Bonchev–Trinajstić information content (AvgIpc) is 2.00. The quantitative estimate of drug-likeness (QED) is 0.760. The molecule has 72 valence electrons. The van der Waals surface area contributed by atoms with Gasteiger partial charge in [-0.1, -0.05) is 17.7 Å². The van der Waals surface area contributed by atoms with Gasteiger partial charge < -0.3 is 5.32 Å². The van der Waals surface area contributed by atoms with Crippen LogP contribution in [0.5, 0.6) is 0 Å². The van der Waals surface area contributed by atoms with Crippen LogP contribution in [0.25, 0.3) is 0 Å². The number of hydrogen-bond acceptors (Lipinski definition) is 2. The van der Waals surface area contributed by atoms with E-state index in [0.29, 0.717) is 0 Å². The second-order valence-electron chi connectivity index (χ2n) is 2.31. The molecule has 0 fully saturated rings. The Morgan fingerprint density at radius 3 is 2.62 bits per heavy atom. The van der Waals surface area contributed by atoms with Crippen LogP contribution >= 0.6 is 11.6 Å². The van der Waals surface area contributed by atoms with Gasteiger partial charge >= 0.3 is 6.18 Å². The van der Waals surface area contributed by atoms with Crippen LogP contribution in [0.15, 0.2) is 18.2 Å². The summed E-state index contributed by atoms with van der Waals surface area (Å²) in [4.78, 5) is 3.63. The highest BCUT2D eigenvalue weighted by Gasteiger charge is 2.26. The molecule has 0 aliphatic heterocycles. The Morgan fingerprint density at radius 1 is 1.38 bits per heavy atom. The van der Waals surface area contributed by atoms with Gasteiger partial charge in [0.15, 0.2) is 0 Å². The third-order valence-electron chi connectivity index (χ3n) is 1.19. The molecule has 0 amide bonds. The highest BCUT2D eigenvalue weighted by molar-refractivity contribution is 6.29. The molecule has 1 N–H and O–H groups in total. The molecule has 0 aliphatic rings. The normalized spacial score (nSPS) is 11.4. The Labute approximate surface area is 77.7 Å². The maximum atomic E-state index is 11.7. The zero-order chi connectivity index (χ0) is 9.90. The van der Waals surface area contributed by atoms with Crippen LogP contribution < -0.4 is 5.32 Å². The number of hydrogen-bond donors (Lipinski definition) is 1. The third-order valence-corrected chi connectivity index (χ3v) is 1.40. The molecule has 0 bridgehead atoms. The fourth-order valence-corrected chi connectivity index (χ4v) is 0.861. The first-order valence-electron chi connectivity index (χ1n) is 3.40. The maximum Gasteiger partial charge on any atom is 0.405 e. The summed E-state index contributed by atoms with van der Waals surface area (Å²) in [6, 6.07) is 4.42. The van der Waals surface area contributed by atoms with Crippen molar-refractivity contribution >= 4 is 17.4 Å². The fraction of sp³-hybridized carbons (Fsp3) is 0.286. The lowest BCUT2D eigenvalue weighted by Gasteiger charge is -2.08. The molecule has 0 unspecified atom stereocenters. The van der Waals surface area contributed by atoms with E-state index < -0.39 is 12.7 Å². The van der Waals surface area contributed by atoms with Crippen molar-refractivity contribution in [2.24, 2.45) is 0 Å². The van der Waals surface area contributed by atoms with Crippen molar-refractivity contribution in [3.8, 4) is 0 Å². The molecule has 0 radical (unpaired) electrons. The van der Waals surface area contributed by atoms with E-state index in [9.17, 15) is 13.2 Å². The monoisotopic (exact) mass is 210 g/mol. The summed E-state index contributed by atoms with van der Waals surface area (Å²) in [5.41, 5.74) is 0. The fourth-order valence-electron chi connectivity index (χ4n) is 0.698. The molecule has 0 aromatic carbocycles. The minimum atomic E-state index is -4.25. The molecule has 0 saturated carbocycles. The molecule has 0 saturated heterocycles. The first-order valence-corrected chi connectivity index (χ1v) is 3.78. The lowest BCUT2D eigenvalue weighted by Crippen LogP contribution is -2.21. The van der Waals surface area contributed by atoms with Crippen molar-refractivity contribution in [2.45, 2.75) is 6.18 Å². The van der Waals surface area contributed by atoms with E-state index in [1.54, 1.807) is 0 Å². The molecular formula is C7H6ClF3N2. The lowest BCUT2D eigenvalue weighted by atomic mass is 10.4. The summed E-state index contributed by atoms with van der Waals surface area (Å²) in [5.74, 6) is 0.116. The Bertz CT molecular complexity index is 287. The van der Waals surface area contributed by atoms with Crippen LogP contribution in [0, 0.1) is 0 Å².